The first-order valence-electron chi connectivity index (χ1n) is 8.39. The molecule has 3 aliphatic rings. The Hall–Kier alpha value is -1.61. The molecule has 0 spiro atoms. The summed E-state index contributed by atoms with van der Waals surface area (Å²) in [7, 11) is 0. The van der Waals surface area contributed by atoms with Crippen LogP contribution in [-0.2, 0) is 14.3 Å². The van der Waals surface area contributed by atoms with E-state index >= 15 is 0 Å². The summed E-state index contributed by atoms with van der Waals surface area (Å²) in [5, 5.41) is 12.4. The number of nitrogens with zero attached hydrogens (tertiary/aromatic N) is 2. The monoisotopic (exact) mass is 319 g/mol. The molecule has 3 atom stereocenters. The molecule has 1 N–H and O–H groups in total. The van der Waals surface area contributed by atoms with Crippen molar-refractivity contribution in [1.82, 2.24) is 10.2 Å². The summed E-state index contributed by atoms with van der Waals surface area (Å²) in [5.74, 6) is -0.352. The fourth-order valence-corrected chi connectivity index (χ4v) is 4.47. The Kier molecular flexibility index (Phi) is 3.68. The molecule has 0 radical (unpaired) electrons. The third kappa shape index (κ3) is 2.09. The number of carbonyl (C=O) groups excluding carboxylic acids is 2. The average molecular weight is 319 g/mol. The zero-order valence-corrected chi connectivity index (χ0v) is 14.1. The number of likely N-dealkylation sites (tertiary alicyclic amines) is 1. The van der Waals surface area contributed by atoms with Gasteiger partial charge in [-0.3, -0.25) is 14.9 Å². The van der Waals surface area contributed by atoms with Crippen molar-refractivity contribution >= 4 is 11.9 Å². The average Bonchev–Trinajstić information content (AvgIpc) is 3.02. The molecule has 23 heavy (non-hydrogen) atoms. The van der Waals surface area contributed by atoms with Crippen LogP contribution >= 0.6 is 0 Å². The van der Waals surface area contributed by atoms with Gasteiger partial charge in [0.1, 0.15) is 11.6 Å². The minimum atomic E-state index is -0.808. The highest BCUT2D eigenvalue weighted by Crippen LogP contribution is 2.60. The van der Waals surface area contributed by atoms with Crippen molar-refractivity contribution in [3.63, 3.8) is 0 Å². The predicted molar refractivity (Wildman–Crippen MR) is 83.2 cm³/mol. The van der Waals surface area contributed by atoms with Gasteiger partial charge in [-0.1, -0.05) is 20.8 Å². The van der Waals surface area contributed by atoms with Crippen LogP contribution in [0, 0.1) is 22.2 Å². The first-order chi connectivity index (χ1) is 10.8. The maximum atomic E-state index is 12.5. The molecule has 0 aromatic carbocycles. The SMILES string of the molecule is CC12CC[C@](NCC(=O)N3CCC[C@H]3C#N)(C(=O)OC1)C2(C)C. The number of rotatable bonds is 3. The molecule has 0 aromatic rings. The normalized spacial score (nSPS) is 38.3. The lowest BCUT2D eigenvalue weighted by molar-refractivity contribution is -0.177. The summed E-state index contributed by atoms with van der Waals surface area (Å²) < 4.78 is 5.43. The Morgan fingerprint density at radius 3 is 2.87 bits per heavy atom. The lowest BCUT2D eigenvalue weighted by Crippen LogP contribution is -2.67. The molecule has 0 aromatic heterocycles. The van der Waals surface area contributed by atoms with E-state index in [0.717, 1.165) is 19.3 Å². The van der Waals surface area contributed by atoms with Crippen molar-refractivity contribution in [3.05, 3.63) is 0 Å². The smallest absolute Gasteiger partial charge is 0.326 e. The molecule has 126 valence electrons. The molecule has 1 unspecified atom stereocenters. The van der Waals surface area contributed by atoms with Crippen molar-refractivity contribution in [2.75, 3.05) is 19.7 Å². The van der Waals surface area contributed by atoms with Gasteiger partial charge in [0.15, 0.2) is 0 Å². The van der Waals surface area contributed by atoms with Gasteiger partial charge < -0.3 is 9.64 Å². The second kappa shape index (κ2) is 5.20. The Morgan fingerprint density at radius 1 is 1.43 bits per heavy atom. The lowest BCUT2D eigenvalue weighted by atomic mass is 9.61. The highest BCUT2D eigenvalue weighted by Gasteiger charge is 2.68. The number of esters is 1. The molecule has 2 aliphatic heterocycles. The van der Waals surface area contributed by atoms with E-state index in [1.54, 1.807) is 4.90 Å². The van der Waals surface area contributed by atoms with Crippen LogP contribution in [-0.4, -0.2) is 48.1 Å². The molecule has 3 rings (SSSR count). The fourth-order valence-electron chi connectivity index (χ4n) is 4.47. The first-order valence-corrected chi connectivity index (χ1v) is 8.39. The first kappa shape index (κ1) is 16.3. The van der Waals surface area contributed by atoms with Crippen LogP contribution in [0.3, 0.4) is 0 Å². The number of fused-ring (bicyclic) bond motifs is 2. The lowest BCUT2D eigenvalue weighted by Gasteiger charge is -2.51. The molecule has 1 saturated carbocycles. The third-order valence-corrected chi connectivity index (χ3v) is 6.76. The van der Waals surface area contributed by atoms with Gasteiger partial charge in [-0.15, -0.1) is 0 Å². The number of ether oxygens (including phenoxy) is 1. The van der Waals surface area contributed by atoms with Crippen LogP contribution in [0.25, 0.3) is 0 Å². The second-order valence-electron chi connectivity index (χ2n) is 7.89. The second-order valence-corrected chi connectivity index (χ2v) is 7.89. The molecule has 6 heteroatoms. The van der Waals surface area contributed by atoms with Gasteiger partial charge in [-0.05, 0) is 25.7 Å². The zero-order chi connectivity index (χ0) is 16.9. The molecule has 1 amide bonds. The Balaban J connectivity index is 1.75. The van der Waals surface area contributed by atoms with Crippen molar-refractivity contribution in [2.45, 2.75) is 58.0 Å². The van der Waals surface area contributed by atoms with Crippen LogP contribution in [0.1, 0.15) is 46.5 Å². The minimum absolute atomic E-state index is 0.0697. The Morgan fingerprint density at radius 2 is 2.17 bits per heavy atom. The number of nitrogens with one attached hydrogen (secondary N) is 1. The quantitative estimate of drug-likeness (QED) is 0.791. The number of hydrogen-bond acceptors (Lipinski definition) is 5. The summed E-state index contributed by atoms with van der Waals surface area (Å²) in [6, 6.07) is 1.85. The molecular formula is C17H25N3O3. The van der Waals surface area contributed by atoms with Gasteiger partial charge in [-0.2, -0.15) is 5.26 Å². The van der Waals surface area contributed by atoms with Crippen LogP contribution in [0.5, 0.6) is 0 Å². The van der Waals surface area contributed by atoms with E-state index in [-0.39, 0.29) is 35.3 Å². The van der Waals surface area contributed by atoms with Gasteiger partial charge in [-0.25, -0.2) is 0 Å². The summed E-state index contributed by atoms with van der Waals surface area (Å²) >= 11 is 0. The van der Waals surface area contributed by atoms with Crippen LogP contribution < -0.4 is 5.32 Å². The molecule has 1 aliphatic carbocycles. The predicted octanol–water partition coefficient (Wildman–Crippen LogP) is 1.21. The van der Waals surface area contributed by atoms with Crippen LogP contribution in [0.15, 0.2) is 0 Å². The summed E-state index contributed by atoms with van der Waals surface area (Å²) in [5.41, 5.74) is -1.16. The van der Waals surface area contributed by atoms with E-state index < -0.39 is 5.54 Å². The van der Waals surface area contributed by atoms with E-state index in [9.17, 15) is 9.59 Å². The van der Waals surface area contributed by atoms with Crippen molar-refractivity contribution in [2.24, 2.45) is 10.8 Å². The van der Waals surface area contributed by atoms with Crippen LogP contribution in [0.2, 0.25) is 0 Å². The fraction of sp³-hybridized carbons (Fsp3) is 0.824. The van der Waals surface area contributed by atoms with Gasteiger partial charge in [0, 0.05) is 17.4 Å². The summed E-state index contributed by atoms with van der Waals surface area (Å²) in [6.07, 6.45) is 3.18. The Labute approximate surface area is 137 Å². The topological polar surface area (TPSA) is 82.4 Å². The molecule has 3 fully saturated rings. The van der Waals surface area contributed by atoms with Gasteiger partial charge in [0.05, 0.1) is 19.2 Å². The van der Waals surface area contributed by atoms with E-state index in [2.05, 4.69) is 32.2 Å². The highest BCUT2D eigenvalue weighted by molar-refractivity contribution is 5.86. The Bertz CT molecular complexity index is 582. The zero-order valence-electron chi connectivity index (χ0n) is 14.1. The van der Waals surface area contributed by atoms with Crippen molar-refractivity contribution in [1.29, 1.82) is 5.26 Å². The maximum absolute atomic E-state index is 12.5. The van der Waals surface area contributed by atoms with E-state index in [1.807, 2.05) is 0 Å². The number of cyclic esters (lactones) is 1. The standard InChI is InChI=1S/C17H25N3O3/c1-15(2)16(3)6-7-17(15,14(22)23-11-16)19-10-13(21)20-8-4-5-12(20)9-18/h12,19H,4-8,10-11H2,1-3H3/t12-,16?,17-/m0/s1. The summed E-state index contributed by atoms with van der Waals surface area (Å²) in [4.78, 5) is 26.6. The van der Waals surface area contributed by atoms with Gasteiger partial charge in [0.25, 0.3) is 0 Å². The van der Waals surface area contributed by atoms with Crippen molar-refractivity contribution in [3.8, 4) is 6.07 Å². The van der Waals surface area contributed by atoms with Crippen LogP contribution in [0.4, 0.5) is 0 Å². The number of nitriles is 1. The highest BCUT2D eigenvalue weighted by atomic mass is 16.5. The minimum Gasteiger partial charge on any atom is -0.464 e. The molecular weight excluding hydrogens is 294 g/mol. The van der Waals surface area contributed by atoms with Crippen molar-refractivity contribution < 1.29 is 14.3 Å². The van der Waals surface area contributed by atoms with Gasteiger partial charge >= 0.3 is 5.97 Å². The number of amides is 1. The third-order valence-electron chi connectivity index (χ3n) is 6.76. The van der Waals surface area contributed by atoms with E-state index in [4.69, 9.17) is 10.00 Å². The number of carbonyl (C=O) groups is 2. The molecule has 6 nitrogen and oxygen atoms in total. The molecule has 2 bridgehead atoms. The van der Waals surface area contributed by atoms with E-state index in [1.165, 1.54) is 0 Å². The largest absolute Gasteiger partial charge is 0.464 e. The van der Waals surface area contributed by atoms with E-state index in [0.29, 0.717) is 19.6 Å². The molecule has 2 heterocycles. The van der Waals surface area contributed by atoms with Gasteiger partial charge in [0.2, 0.25) is 5.91 Å². The molecule has 2 saturated heterocycles. The maximum Gasteiger partial charge on any atom is 0.326 e. The number of hydrogen-bond donors (Lipinski definition) is 1. The summed E-state index contributed by atoms with van der Waals surface area (Å²) in [6.45, 7) is 7.47.